The average Bonchev–Trinajstić information content (AvgIpc) is 2.68. The van der Waals surface area contributed by atoms with Gasteiger partial charge in [-0.3, -0.25) is 0 Å². The fourth-order valence-electron chi connectivity index (χ4n) is 2.75. The van der Waals surface area contributed by atoms with E-state index >= 15 is 0 Å². The van der Waals surface area contributed by atoms with Crippen LogP contribution in [0.15, 0.2) is 9.47 Å². The van der Waals surface area contributed by atoms with Crippen molar-refractivity contribution in [3.63, 3.8) is 0 Å². The third-order valence-electron chi connectivity index (χ3n) is 3.94. The van der Waals surface area contributed by atoms with Crippen molar-refractivity contribution in [3.05, 3.63) is 9.47 Å². The van der Waals surface area contributed by atoms with Gasteiger partial charge in [0.25, 0.3) is 0 Å². The molecule has 5 nitrogen and oxygen atoms in total. The molecule has 2 saturated heterocycles. The molecule has 0 aromatic heterocycles. The molecule has 2 heterocycles. The van der Waals surface area contributed by atoms with Gasteiger partial charge in [0.05, 0.1) is 9.50 Å². The topological polar surface area (TPSA) is 46.2 Å². The molecule has 0 unspecified atom stereocenters. The molecule has 0 aromatic rings. The molecular formula is C15H24Br2O5. The molecule has 2 rings (SSSR count). The molecule has 128 valence electrons. The number of halogens is 2. The van der Waals surface area contributed by atoms with Crippen LogP contribution in [0.3, 0.4) is 0 Å². The van der Waals surface area contributed by atoms with Crippen molar-refractivity contribution in [3.8, 4) is 0 Å². The van der Waals surface area contributed by atoms with Crippen LogP contribution in [-0.4, -0.2) is 43.3 Å². The smallest absolute Gasteiger partial charge is 0.188 e. The van der Waals surface area contributed by atoms with E-state index in [2.05, 4.69) is 38.8 Å². The van der Waals surface area contributed by atoms with E-state index < -0.39 is 17.9 Å². The van der Waals surface area contributed by atoms with Gasteiger partial charge in [-0.25, -0.2) is 0 Å². The van der Waals surface area contributed by atoms with E-state index in [4.69, 9.17) is 23.7 Å². The van der Waals surface area contributed by atoms with Gasteiger partial charge in [-0.05, 0) is 65.6 Å². The molecule has 0 saturated carbocycles. The molecule has 7 heteroatoms. The van der Waals surface area contributed by atoms with E-state index in [9.17, 15) is 0 Å². The van der Waals surface area contributed by atoms with Crippen LogP contribution in [0.2, 0.25) is 0 Å². The van der Waals surface area contributed by atoms with E-state index in [1.165, 1.54) is 0 Å². The third kappa shape index (κ3) is 4.32. The summed E-state index contributed by atoms with van der Waals surface area (Å²) in [5.74, 6) is -1.29. The zero-order chi connectivity index (χ0) is 16.7. The summed E-state index contributed by atoms with van der Waals surface area (Å²) >= 11 is 6.78. The molecule has 0 N–H and O–H groups in total. The largest absolute Gasteiger partial charge is 0.354 e. The summed E-state index contributed by atoms with van der Waals surface area (Å²) in [6.07, 6.45) is 0.830. The van der Waals surface area contributed by atoms with Gasteiger partial charge in [-0.2, -0.15) is 0 Å². The van der Waals surface area contributed by atoms with Crippen LogP contribution in [0.25, 0.3) is 0 Å². The molecule has 2 aliphatic heterocycles. The number of ether oxygens (including phenoxy) is 5. The van der Waals surface area contributed by atoms with E-state index in [0.29, 0.717) is 0 Å². The molecule has 22 heavy (non-hydrogen) atoms. The summed E-state index contributed by atoms with van der Waals surface area (Å²) < 4.78 is 30.3. The Balaban J connectivity index is 2.25. The Labute approximate surface area is 148 Å². The molecule has 0 spiro atoms. The van der Waals surface area contributed by atoms with Crippen molar-refractivity contribution >= 4 is 31.9 Å². The van der Waals surface area contributed by atoms with Gasteiger partial charge in [-0.1, -0.05) is 6.92 Å². The number of hydrogen-bond acceptors (Lipinski definition) is 5. The van der Waals surface area contributed by atoms with Crippen LogP contribution in [0.4, 0.5) is 0 Å². The Kier molecular flexibility index (Phi) is 5.81. The minimum absolute atomic E-state index is 0.0792. The van der Waals surface area contributed by atoms with Crippen LogP contribution in [0, 0.1) is 5.92 Å². The zero-order valence-electron chi connectivity index (χ0n) is 13.8. The lowest BCUT2D eigenvalue weighted by molar-refractivity contribution is -0.292. The SMILES string of the molecule is COC(C)(C)O[C@H]1[C@@H](C)[C@@H]2OC(C)(C)O[C@@H]2O[C@H]1C=C(Br)Br. The highest BCUT2D eigenvalue weighted by molar-refractivity contribution is 9.28. The van der Waals surface area contributed by atoms with E-state index in [1.54, 1.807) is 7.11 Å². The molecule has 2 aliphatic rings. The monoisotopic (exact) mass is 442 g/mol. The zero-order valence-corrected chi connectivity index (χ0v) is 16.9. The summed E-state index contributed by atoms with van der Waals surface area (Å²) in [7, 11) is 1.63. The maximum absolute atomic E-state index is 6.16. The number of fused-ring (bicyclic) bond motifs is 1. The standard InChI is InChI=1S/C15H24Br2O5/c1-8-11(20-14(2,3)18-6)9(7-10(16)17)19-13-12(8)21-15(4,5)22-13/h7-9,11-13H,1-6H3/t8-,9+,11+,12+,13+/m1/s1. The highest BCUT2D eigenvalue weighted by atomic mass is 79.9. The second-order valence-corrected chi connectivity index (χ2v) is 9.34. The lowest BCUT2D eigenvalue weighted by Crippen LogP contribution is -2.54. The van der Waals surface area contributed by atoms with E-state index in [1.807, 2.05) is 33.8 Å². The van der Waals surface area contributed by atoms with Crippen molar-refractivity contribution < 1.29 is 23.7 Å². The van der Waals surface area contributed by atoms with Crippen LogP contribution < -0.4 is 0 Å². The second-order valence-electron chi connectivity index (χ2n) is 6.57. The molecule has 0 aromatic carbocycles. The molecular weight excluding hydrogens is 420 g/mol. The van der Waals surface area contributed by atoms with Gasteiger partial charge in [0.1, 0.15) is 12.2 Å². The molecule has 5 atom stereocenters. The number of hydrogen-bond donors (Lipinski definition) is 0. The Morgan fingerprint density at radius 1 is 1.23 bits per heavy atom. The maximum atomic E-state index is 6.16. The molecule has 0 aliphatic carbocycles. The molecule has 0 radical (unpaired) electrons. The summed E-state index contributed by atoms with van der Waals surface area (Å²) in [5.41, 5.74) is 0. The van der Waals surface area contributed by atoms with Gasteiger partial charge >= 0.3 is 0 Å². The highest BCUT2D eigenvalue weighted by Gasteiger charge is 2.53. The predicted molar refractivity (Wildman–Crippen MR) is 89.8 cm³/mol. The first-order valence-electron chi connectivity index (χ1n) is 7.31. The van der Waals surface area contributed by atoms with Gasteiger partial charge in [0.2, 0.25) is 0 Å². The molecule has 2 fully saturated rings. The predicted octanol–water partition coefficient (Wildman–Crippen LogP) is 3.90. The van der Waals surface area contributed by atoms with Crippen molar-refractivity contribution in [1.29, 1.82) is 0 Å². The fourth-order valence-corrected chi connectivity index (χ4v) is 3.27. The van der Waals surface area contributed by atoms with Crippen molar-refractivity contribution in [2.24, 2.45) is 5.92 Å². The second kappa shape index (κ2) is 6.78. The van der Waals surface area contributed by atoms with Crippen LogP contribution in [-0.2, 0) is 23.7 Å². The van der Waals surface area contributed by atoms with Gasteiger partial charge in [0.15, 0.2) is 17.9 Å². The van der Waals surface area contributed by atoms with Crippen LogP contribution in [0.1, 0.15) is 34.6 Å². The quantitative estimate of drug-likeness (QED) is 0.616. The minimum atomic E-state index is -0.713. The Hall–Kier alpha value is 0.500. The Bertz CT molecular complexity index is 434. The normalized spacial score (nSPS) is 37.7. The number of methoxy groups -OCH3 is 1. The van der Waals surface area contributed by atoms with Gasteiger partial charge in [0, 0.05) is 13.0 Å². The van der Waals surface area contributed by atoms with E-state index in [0.717, 1.165) is 3.39 Å². The van der Waals surface area contributed by atoms with Crippen molar-refractivity contribution in [2.45, 2.75) is 70.8 Å². The fraction of sp³-hybridized carbons (Fsp3) is 0.867. The van der Waals surface area contributed by atoms with Crippen LogP contribution >= 0.6 is 31.9 Å². The average molecular weight is 444 g/mol. The third-order valence-corrected chi connectivity index (χ3v) is 4.47. The Morgan fingerprint density at radius 2 is 1.86 bits per heavy atom. The first kappa shape index (κ1) is 18.8. The van der Waals surface area contributed by atoms with Gasteiger partial charge < -0.3 is 23.7 Å². The molecule has 0 amide bonds. The minimum Gasteiger partial charge on any atom is -0.354 e. The summed E-state index contributed by atoms with van der Waals surface area (Å²) in [6, 6.07) is 0. The summed E-state index contributed by atoms with van der Waals surface area (Å²) in [4.78, 5) is 0. The summed E-state index contributed by atoms with van der Waals surface area (Å²) in [6.45, 7) is 9.63. The maximum Gasteiger partial charge on any atom is 0.188 e. The molecule has 0 bridgehead atoms. The van der Waals surface area contributed by atoms with Gasteiger partial charge in [-0.15, -0.1) is 0 Å². The van der Waals surface area contributed by atoms with Crippen molar-refractivity contribution in [1.82, 2.24) is 0 Å². The Morgan fingerprint density at radius 3 is 2.41 bits per heavy atom. The summed E-state index contributed by atoms with van der Waals surface area (Å²) in [5, 5.41) is 0. The highest BCUT2D eigenvalue weighted by Crippen LogP contribution is 2.42. The number of rotatable bonds is 4. The first-order valence-corrected chi connectivity index (χ1v) is 8.90. The lowest BCUT2D eigenvalue weighted by Gasteiger charge is -2.43. The van der Waals surface area contributed by atoms with E-state index in [-0.39, 0.29) is 24.2 Å². The lowest BCUT2D eigenvalue weighted by atomic mass is 9.90. The van der Waals surface area contributed by atoms with Crippen molar-refractivity contribution in [2.75, 3.05) is 7.11 Å². The first-order chi connectivity index (χ1) is 10.0. The van der Waals surface area contributed by atoms with Crippen LogP contribution in [0.5, 0.6) is 0 Å².